The van der Waals surface area contributed by atoms with Gasteiger partial charge in [-0.15, -0.1) is 0 Å². The van der Waals surface area contributed by atoms with E-state index in [1.807, 2.05) is 63.2 Å². The second-order valence-electron chi connectivity index (χ2n) is 5.95. The third-order valence-corrected chi connectivity index (χ3v) is 3.95. The lowest BCUT2D eigenvalue weighted by atomic mass is 10.0. The van der Waals surface area contributed by atoms with Crippen LogP contribution >= 0.6 is 0 Å². The van der Waals surface area contributed by atoms with Gasteiger partial charge in [0, 0.05) is 17.6 Å². The van der Waals surface area contributed by atoms with E-state index in [2.05, 4.69) is 16.4 Å². The molecule has 0 saturated heterocycles. The summed E-state index contributed by atoms with van der Waals surface area (Å²) in [6.07, 6.45) is 0. The highest BCUT2D eigenvalue weighted by molar-refractivity contribution is 6.06. The van der Waals surface area contributed by atoms with Crippen molar-refractivity contribution in [1.29, 1.82) is 0 Å². The summed E-state index contributed by atoms with van der Waals surface area (Å²) >= 11 is 0. The van der Waals surface area contributed by atoms with Crippen molar-refractivity contribution < 1.29 is 4.79 Å². The van der Waals surface area contributed by atoms with E-state index in [1.54, 1.807) is 0 Å². The van der Waals surface area contributed by atoms with Crippen LogP contribution < -0.4 is 5.32 Å². The number of hydrogen-bond donors (Lipinski definition) is 1. The van der Waals surface area contributed by atoms with Gasteiger partial charge in [-0.3, -0.25) is 9.78 Å². The molecule has 3 rings (SSSR count). The minimum atomic E-state index is -0.0624. The van der Waals surface area contributed by atoms with Gasteiger partial charge in [0.1, 0.15) is 0 Å². The Balaban J connectivity index is 1.90. The lowest BCUT2D eigenvalue weighted by Gasteiger charge is -2.10. The quantitative estimate of drug-likeness (QED) is 0.792. The molecule has 116 valence electrons. The van der Waals surface area contributed by atoms with Crippen molar-refractivity contribution in [2.24, 2.45) is 0 Å². The van der Waals surface area contributed by atoms with Gasteiger partial charge in [-0.2, -0.15) is 0 Å². The van der Waals surface area contributed by atoms with Crippen LogP contribution in [0.2, 0.25) is 0 Å². The molecule has 1 N–H and O–H groups in total. The molecular weight excluding hydrogens is 284 g/mol. The number of fused-ring (bicyclic) bond motifs is 1. The maximum Gasteiger partial charge on any atom is 0.252 e. The molecule has 0 fully saturated rings. The van der Waals surface area contributed by atoms with Gasteiger partial charge in [-0.1, -0.05) is 48.0 Å². The molecule has 3 nitrogen and oxygen atoms in total. The number of pyridine rings is 1. The molecule has 0 spiro atoms. The summed E-state index contributed by atoms with van der Waals surface area (Å²) in [5.74, 6) is -0.0624. The largest absolute Gasteiger partial charge is 0.348 e. The molecule has 1 amide bonds. The Kier molecular flexibility index (Phi) is 4.11. The number of aromatic nitrogens is 1. The lowest BCUT2D eigenvalue weighted by Crippen LogP contribution is -2.23. The molecule has 0 aliphatic carbocycles. The number of rotatable bonds is 3. The van der Waals surface area contributed by atoms with E-state index in [4.69, 9.17) is 0 Å². The van der Waals surface area contributed by atoms with Crippen molar-refractivity contribution in [2.75, 3.05) is 0 Å². The Morgan fingerprint density at radius 2 is 1.83 bits per heavy atom. The van der Waals surface area contributed by atoms with Crippen LogP contribution in [-0.2, 0) is 6.54 Å². The summed E-state index contributed by atoms with van der Waals surface area (Å²) in [7, 11) is 0. The van der Waals surface area contributed by atoms with E-state index in [-0.39, 0.29) is 5.91 Å². The van der Waals surface area contributed by atoms with Crippen LogP contribution in [0, 0.1) is 20.8 Å². The minimum Gasteiger partial charge on any atom is -0.348 e. The number of aryl methyl sites for hydroxylation is 3. The van der Waals surface area contributed by atoms with E-state index in [9.17, 15) is 4.79 Å². The highest BCUT2D eigenvalue weighted by Crippen LogP contribution is 2.21. The van der Waals surface area contributed by atoms with Crippen LogP contribution in [-0.4, -0.2) is 10.9 Å². The van der Waals surface area contributed by atoms with Crippen LogP contribution in [0.1, 0.15) is 32.7 Å². The highest BCUT2D eigenvalue weighted by atomic mass is 16.1. The molecule has 0 bridgehead atoms. The topological polar surface area (TPSA) is 42.0 Å². The number of nitrogens with one attached hydrogen (secondary N) is 1. The van der Waals surface area contributed by atoms with Crippen molar-refractivity contribution in [2.45, 2.75) is 27.3 Å². The summed E-state index contributed by atoms with van der Waals surface area (Å²) in [4.78, 5) is 17.2. The average molecular weight is 304 g/mol. The maximum absolute atomic E-state index is 12.6. The summed E-state index contributed by atoms with van der Waals surface area (Å²) in [5.41, 5.74) is 5.81. The van der Waals surface area contributed by atoms with Crippen LogP contribution in [0.4, 0.5) is 0 Å². The van der Waals surface area contributed by atoms with Crippen LogP contribution in [0.3, 0.4) is 0 Å². The molecule has 0 saturated carbocycles. The fourth-order valence-electron chi connectivity index (χ4n) is 2.81. The maximum atomic E-state index is 12.6. The van der Waals surface area contributed by atoms with Gasteiger partial charge in [-0.05, 0) is 38.0 Å². The fourth-order valence-corrected chi connectivity index (χ4v) is 2.81. The molecule has 0 aliphatic rings. The molecule has 3 heteroatoms. The van der Waals surface area contributed by atoms with Gasteiger partial charge in [0.25, 0.3) is 5.91 Å². The molecule has 0 radical (unpaired) electrons. The first-order valence-electron chi connectivity index (χ1n) is 7.75. The molecule has 0 unspecified atom stereocenters. The van der Waals surface area contributed by atoms with Gasteiger partial charge >= 0.3 is 0 Å². The van der Waals surface area contributed by atoms with Gasteiger partial charge < -0.3 is 5.32 Å². The number of nitrogens with zero attached hydrogens (tertiary/aromatic N) is 1. The smallest absolute Gasteiger partial charge is 0.252 e. The van der Waals surface area contributed by atoms with Crippen molar-refractivity contribution in [3.8, 4) is 0 Å². The van der Waals surface area contributed by atoms with Gasteiger partial charge in [0.05, 0.1) is 11.1 Å². The lowest BCUT2D eigenvalue weighted by molar-refractivity contribution is 0.0952. The molecule has 2 aromatic carbocycles. The fraction of sp³-hybridized carbons (Fsp3) is 0.200. The van der Waals surface area contributed by atoms with Gasteiger partial charge in [0.15, 0.2) is 0 Å². The number of para-hydroxylation sites is 1. The monoisotopic (exact) mass is 304 g/mol. The number of benzene rings is 2. The molecule has 3 aromatic rings. The second kappa shape index (κ2) is 6.21. The van der Waals surface area contributed by atoms with Crippen LogP contribution in [0.5, 0.6) is 0 Å². The first-order valence-corrected chi connectivity index (χ1v) is 7.75. The molecular formula is C20H20N2O. The van der Waals surface area contributed by atoms with E-state index in [0.29, 0.717) is 12.1 Å². The van der Waals surface area contributed by atoms with E-state index >= 15 is 0 Å². The predicted molar refractivity (Wildman–Crippen MR) is 93.6 cm³/mol. The third-order valence-electron chi connectivity index (χ3n) is 3.95. The third kappa shape index (κ3) is 3.24. The number of carbonyl (C=O) groups is 1. The number of hydrogen-bond acceptors (Lipinski definition) is 2. The Bertz CT molecular complexity index is 884. The Labute approximate surface area is 136 Å². The first kappa shape index (κ1) is 15.2. The molecule has 1 heterocycles. The number of carbonyl (C=O) groups excluding carboxylic acids is 1. The Morgan fingerprint density at radius 3 is 2.61 bits per heavy atom. The predicted octanol–water partition coefficient (Wildman–Crippen LogP) is 4.09. The zero-order chi connectivity index (χ0) is 16.4. The standard InChI is InChI=1S/C20H20N2O/c1-13-6-4-8-16(10-13)12-21-20(23)18-11-15(3)22-19-14(2)7-5-9-17(18)19/h4-11H,12H2,1-3H3,(H,21,23). The van der Waals surface area contributed by atoms with Crippen molar-refractivity contribution in [3.63, 3.8) is 0 Å². The molecule has 1 aromatic heterocycles. The second-order valence-corrected chi connectivity index (χ2v) is 5.95. The molecule has 23 heavy (non-hydrogen) atoms. The van der Waals surface area contributed by atoms with Crippen molar-refractivity contribution >= 4 is 16.8 Å². The molecule has 0 aliphatic heterocycles. The summed E-state index contributed by atoms with van der Waals surface area (Å²) in [5, 5.41) is 3.91. The summed E-state index contributed by atoms with van der Waals surface area (Å²) in [6.45, 7) is 6.51. The SMILES string of the molecule is Cc1cccc(CNC(=O)c2cc(C)nc3c(C)cccc23)c1. The van der Waals surface area contributed by atoms with E-state index < -0.39 is 0 Å². The van der Waals surface area contributed by atoms with Crippen LogP contribution in [0.25, 0.3) is 10.9 Å². The Hall–Kier alpha value is -2.68. The van der Waals surface area contributed by atoms with Crippen LogP contribution in [0.15, 0.2) is 48.5 Å². The average Bonchev–Trinajstić information content (AvgIpc) is 2.53. The normalized spacial score (nSPS) is 10.7. The Morgan fingerprint density at radius 1 is 1.04 bits per heavy atom. The van der Waals surface area contributed by atoms with E-state index in [0.717, 1.165) is 27.7 Å². The zero-order valence-electron chi connectivity index (χ0n) is 13.7. The first-order chi connectivity index (χ1) is 11.0. The van der Waals surface area contributed by atoms with Gasteiger partial charge in [0.2, 0.25) is 0 Å². The van der Waals surface area contributed by atoms with E-state index in [1.165, 1.54) is 5.56 Å². The number of amides is 1. The van der Waals surface area contributed by atoms with Crippen molar-refractivity contribution in [3.05, 3.63) is 76.5 Å². The minimum absolute atomic E-state index is 0.0624. The summed E-state index contributed by atoms with van der Waals surface area (Å²) < 4.78 is 0. The zero-order valence-corrected chi connectivity index (χ0v) is 13.7. The summed E-state index contributed by atoms with van der Waals surface area (Å²) in [6, 6.07) is 16.0. The molecule has 0 atom stereocenters. The van der Waals surface area contributed by atoms with Crippen molar-refractivity contribution in [1.82, 2.24) is 10.3 Å². The highest BCUT2D eigenvalue weighted by Gasteiger charge is 2.12. The van der Waals surface area contributed by atoms with Gasteiger partial charge in [-0.25, -0.2) is 0 Å².